The van der Waals surface area contributed by atoms with Gasteiger partial charge in [-0.05, 0) is 0 Å². The summed E-state index contributed by atoms with van der Waals surface area (Å²) in [6.07, 6.45) is 0. The first-order chi connectivity index (χ1) is 4.64. The average Bonchev–Trinajstić information content (AvgIpc) is 1.96. The maximum absolute atomic E-state index is 9.10. The van der Waals surface area contributed by atoms with Crippen LogP contribution in [0.25, 0.3) is 0 Å². The van der Waals surface area contributed by atoms with Crippen LogP contribution in [0, 0.1) is 0 Å². The van der Waals surface area contributed by atoms with Crippen LogP contribution in [0.3, 0.4) is 0 Å². The molecule has 0 aliphatic rings. The molecule has 0 unspecified atom stereocenters. The summed E-state index contributed by atoms with van der Waals surface area (Å²) in [5.41, 5.74) is 0. The maximum atomic E-state index is 9.10. The Balaban J connectivity index is -0.0000000241. The summed E-state index contributed by atoms with van der Waals surface area (Å²) in [7, 11) is 0. The molecule has 0 aromatic heterocycles. The monoisotopic (exact) mass is 260 g/mol. The van der Waals surface area contributed by atoms with Crippen molar-refractivity contribution in [2.45, 2.75) is 0 Å². The molecule has 0 saturated heterocycles. The van der Waals surface area contributed by atoms with E-state index in [2.05, 4.69) is 0 Å². The normalized spacial score (nSPS) is 4.17. The molecule has 10 heteroatoms. The molecule has 0 amide bonds. The molecule has 0 fully saturated rings. The van der Waals surface area contributed by atoms with Gasteiger partial charge in [-0.25, -0.2) is 9.59 Å². The summed E-state index contributed by atoms with van der Waals surface area (Å²) in [6, 6.07) is 0. The van der Waals surface area contributed by atoms with Crippen LogP contribution in [-0.4, -0.2) is 33.1 Å². The summed E-state index contributed by atoms with van der Waals surface area (Å²) < 4.78 is 16.4. The first kappa shape index (κ1) is 29.9. The quantitative estimate of drug-likeness (QED) is 0.447. The van der Waals surface area contributed by atoms with E-state index in [1.807, 2.05) is 0 Å². The third-order valence-electron chi connectivity index (χ3n) is 0.183. The molecule has 0 spiro atoms. The van der Waals surface area contributed by atoms with Crippen molar-refractivity contribution in [3.63, 3.8) is 0 Å². The van der Waals surface area contributed by atoms with E-state index in [9.17, 15) is 0 Å². The van der Waals surface area contributed by atoms with Crippen LogP contribution < -0.4 is 0 Å². The number of hydrogen-bond acceptors (Lipinski definition) is 4. The van der Waals surface area contributed by atoms with Gasteiger partial charge >= 0.3 is 54.0 Å². The van der Waals surface area contributed by atoms with Gasteiger partial charge in [0, 0.05) is 0 Å². The average molecular weight is 260 g/mol. The molecule has 12 heavy (non-hydrogen) atoms. The van der Waals surface area contributed by atoms with Crippen molar-refractivity contribution < 1.29 is 72.8 Å². The van der Waals surface area contributed by atoms with E-state index in [4.69, 9.17) is 27.2 Å². The van der Waals surface area contributed by atoms with E-state index in [1.54, 1.807) is 0 Å². The second-order valence-corrected chi connectivity index (χ2v) is 0.610. The molecule has 0 saturated carbocycles. The number of carboxylic acids is 2. The molecule has 0 atom stereocenters. The summed E-state index contributed by atoms with van der Waals surface area (Å²) in [4.78, 5) is 18.2. The van der Waals surface area contributed by atoms with Crippen LogP contribution in [0.15, 0.2) is 0 Å². The molecule has 6 N–H and O–H groups in total. The van der Waals surface area contributed by atoms with E-state index in [-0.39, 0.29) is 11.0 Å². The molecule has 8 nitrogen and oxygen atoms in total. The zero-order valence-electron chi connectivity index (χ0n) is 5.42. The number of rotatable bonds is 0. The summed E-state index contributed by atoms with van der Waals surface area (Å²) in [5, 5.41) is 14.8. The van der Waals surface area contributed by atoms with Crippen LogP contribution >= 0.6 is 0 Å². The van der Waals surface area contributed by atoms with Crippen molar-refractivity contribution in [2.75, 3.05) is 0 Å². The van der Waals surface area contributed by atoms with Gasteiger partial charge in [0.15, 0.2) is 0 Å². The fraction of sp³-hybridized carbons (Fsp3) is 0. The van der Waals surface area contributed by atoms with E-state index < -0.39 is 11.9 Å². The molecular weight excluding hydrogens is 254 g/mol. The van der Waals surface area contributed by atoms with Crippen molar-refractivity contribution in [1.82, 2.24) is 0 Å². The van der Waals surface area contributed by atoms with Gasteiger partial charge in [-0.3, -0.25) is 0 Å². The number of aliphatic carboxylic acids is 2. The fourth-order valence-electron chi connectivity index (χ4n) is 0. The van der Waals surface area contributed by atoms with E-state index in [0.717, 1.165) is 34.7 Å². The van der Waals surface area contributed by atoms with Gasteiger partial charge in [0.05, 0.1) is 0 Å². The van der Waals surface area contributed by atoms with Crippen molar-refractivity contribution in [1.29, 1.82) is 0 Å². The molecule has 0 aromatic carbocycles. The van der Waals surface area contributed by atoms with Crippen molar-refractivity contribution in [3.05, 3.63) is 0 Å². The van der Waals surface area contributed by atoms with E-state index in [1.165, 1.54) is 0 Å². The molecule has 0 aliphatic heterocycles. The predicted molar refractivity (Wildman–Crippen MR) is 23.9 cm³/mol. The molecule has 72 valence electrons. The Morgan fingerprint density at radius 3 is 0.833 bits per heavy atom. The van der Waals surface area contributed by atoms with Crippen LogP contribution in [0.1, 0.15) is 0 Å². The Hall–Kier alpha value is -0.371. The van der Waals surface area contributed by atoms with Gasteiger partial charge in [-0.2, -0.15) is 0 Å². The van der Waals surface area contributed by atoms with Gasteiger partial charge in [0.1, 0.15) is 0 Å². The number of carbonyl (C=O) groups is 2. The molecule has 0 heterocycles. The van der Waals surface area contributed by atoms with E-state index >= 15 is 0 Å². The summed E-state index contributed by atoms with van der Waals surface area (Å²) in [5.74, 6) is -3.65. The number of hydrogen-bond donors (Lipinski definition) is 2. The van der Waals surface area contributed by atoms with Gasteiger partial charge in [0.2, 0.25) is 0 Å². The topological polar surface area (TPSA) is 172 Å². The van der Waals surface area contributed by atoms with Gasteiger partial charge in [-0.15, -0.1) is 0 Å². The minimum atomic E-state index is -1.82. The molecule has 0 radical (unpaired) electrons. The Bertz CT molecular complexity index is 99.6. The van der Waals surface area contributed by atoms with Crippen molar-refractivity contribution >= 4 is 11.9 Å². The Kier molecular flexibility index (Phi) is 77.5. The van der Waals surface area contributed by atoms with Crippen LogP contribution in [0.4, 0.5) is 0 Å². The minimum absolute atomic E-state index is 0. The summed E-state index contributed by atoms with van der Waals surface area (Å²) in [6.45, 7) is 0. The Labute approximate surface area is 85.0 Å². The first-order valence-electron chi connectivity index (χ1n) is 1.47. The molecule has 0 aromatic rings. The Morgan fingerprint density at radius 2 is 0.833 bits per heavy atom. The Morgan fingerprint density at radius 1 is 0.750 bits per heavy atom. The zero-order chi connectivity index (χ0) is 9.15. The molecule has 0 rings (SSSR count). The van der Waals surface area contributed by atoms with Crippen LogP contribution in [0.2, 0.25) is 0 Å². The third-order valence-corrected chi connectivity index (χ3v) is 0.183. The molecule has 0 bridgehead atoms. The summed E-state index contributed by atoms with van der Waals surface area (Å²) >= 11 is 2.12. The second kappa shape index (κ2) is 31.1. The first-order valence-corrected chi connectivity index (χ1v) is 2.61. The fourth-order valence-corrected chi connectivity index (χ4v) is 0. The molecular formula is C2H6O8V2. The van der Waals surface area contributed by atoms with Gasteiger partial charge in [-0.1, -0.05) is 0 Å². The zero-order valence-corrected chi connectivity index (χ0v) is 8.22. The van der Waals surface area contributed by atoms with E-state index in [0.29, 0.717) is 0 Å². The van der Waals surface area contributed by atoms with Gasteiger partial charge in [0.25, 0.3) is 0 Å². The number of carboxylic acid groups (broad SMARTS) is 2. The van der Waals surface area contributed by atoms with Crippen molar-refractivity contribution in [3.8, 4) is 0 Å². The third kappa shape index (κ3) is 54.4. The predicted octanol–water partition coefficient (Wildman–Crippen LogP) is -2.74. The molecule has 0 aliphatic carbocycles. The van der Waals surface area contributed by atoms with Crippen LogP contribution in [0.5, 0.6) is 0 Å². The van der Waals surface area contributed by atoms with Crippen LogP contribution in [-0.2, 0) is 51.7 Å². The second-order valence-electron chi connectivity index (χ2n) is 0.610. The SMILES string of the molecule is O.O.O=C(O)C(=O)O.[O]=[V].[O]=[V]. The van der Waals surface area contributed by atoms with Gasteiger partial charge < -0.3 is 21.2 Å². The standard InChI is InChI=1S/C2H2O4.2H2O.2O.2V/c3-1(4)2(5)6;;;;;;/h(H,3,4)(H,5,6);2*1H2;;;;. The van der Waals surface area contributed by atoms with Crippen molar-refractivity contribution in [2.24, 2.45) is 0 Å².